The highest BCUT2D eigenvalue weighted by Gasteiger charge is 2.46. The Labute approximate surface area is 324 Å². The smallest absolute Gasteiger partial charge is 0.323 e. The van der Waals surface area contributed by atoms with Gasteiger partial charge in [0.15, 0.2) is 11.6 Å². The van der Waals surface area contributed by atoms with Crippen molar-refractivity contribution in [1.82, 2.24) is 9.80 Å². The van der Waals surface area contributed by atoms with Crippen molar-refractivity contribution in [2.45, 2.75) is 73.4 Å². The molecule has 2 fully saturated rings. The zero-order valence-electron chi connectivity index (χ0n) is 33.3. The SMILES string of the molecule is COC(=O)C(CC(=O)c1c(C)cc(C)c(C(=O)P(=O)(C(=O)c2c(C)cc(C)c(C(=O)CC(C)N3CCOCC3)c2C)c2ccccc2)c1C)N1CCOCC1. The van der Waals surface area contributed by atoms with E-state index in [9.17, 15) is 14.4 Å². The highest BCUT2D eigenvalue weighted by molar-refractivity contribution is 8.01. The molecule has 0 amide bonds. The molecular formula is C43H53N2O9P. The van der Waals surface area contributed by atoms with Gasteiger partial charge < -0.3 is 18.8 Å². The van der Waals surface area contributed by atoms with Crippen LogP contribution in [0.3, 0.4) is 0 Å². The van der Waals surface area contributed by atoms with Crippen LogP contribution in [0.4, 0.5) is 0 Å². The van der Waals surface area contributed by atoms with Crippen molar-refractivity contribution in [3.63, 3.8) is 0 Å². The van der Waals surface area contributed by atoms with Gasteiger partial charge in [0.05, 0.1) is 33.5 Å². The van der Waals surface area contributed by atoms with Crippen molar-refractivity contribution in [1.29, 1.82) is 0 Å². The highest BCUT2D eigenvalue weighted by atomic mass is 31.2. The molecule has 12 heteroatoms. The zero-order chi connectivity index (χ0) is 40.2. The van der Waals surface area contributed by atoms with E-state index in [-0.39, 0.29) is 58.0 Å². The van der Waals surface area contributed by atoms with Crippen LogP contribution in [0.5, 0.6) is 0 Å². The molecule has 294 valence electrons. The molecule has 0 radical (unpaired) electrons. The van der Waals surface area contributed by atoms with Crippen molar-refractivity contribution in [2.75, 3.05) is 59.7 Å². The number of hydrogen-bond acceptors (Lipinski definition) is 11. The predicted molar refractivity (Wildman–Crippen MR) is 212 cm³/mol. The lowest BCUT2D eigenvalue weighted by molar-refractivity contribution is -0.148. The minimum absolute atomic E-state index is 0.0218. The summed E-state index contributed by atoms with van der Waals surface area (Å²) in [5, 5.41) is 0.0588. The fourth-order valence-corrected chi connectivity index (χ4v) is 10.9. The Hall–Kier alpha value is -4.12. The Bertz CT molecular complexity index is 2030. The van der Waals surface area contributed by atoms with Crippen molar-refractivity contribution in [2.24, 2.45) is 0 Å². The van der Waals surface area contributed by atoms with Gasteiger partial charge in [-0.25, -0.2) is 0 Å². The molecule has 0 bridgehead atoms. The van der Waals surface area contributed by atoms with E-state index in [1.807, 2.05) is 18.7 Å². The van der Waals surface area contributed by atoms with Crippen LogP contribution in [0.2, 0.25) is 0 Å². The topological polar surface area (TPSA) is 137 Å². The van der Waals surface area contributed by atoms with Gasteiger partial charge in [-0.3, -0.25) is 33.8 Å². The number of methoxy groups -OCH3 is 1. The van der Waals surface area contributed by atoms with Crippen LogP contribution >= 0.6 is 7.14 Å². The Kier molecular flexibility index (Phi) is 13.6. The number of aryl methyl sites for hydroxylation is 4. The van der Waals surface area contributed by atoms with Gasteiger partial charge in [0.1, 0.15) is 6.04 Å². The number of ketones is 2. The minimum Gasteiger partial charge on any atom is -0.468 e. The summed E-state index contributed by atoms with van der Waals surface area (Å²) in [6.45, 7) is 16.7. The second kappa shape index (κ2) is 17.8. The highest BCUT2D eigenvalue weighted by Crippen LogP contribution is 2.53. The van der Waals surface area contributed by atoms with Gasteiger partial charge in [-0.2, -0.15) is 0 Å². The van der Waals surface area contributed by atoms with Crippen LogP contribution < -0.4 is 5.30 Å². The molecule has 0 spiro atoms. The summed E-state index contributed by atoms with van der Waals surface area (Å²) in [4.78, 5) is 75.3. The molecular weight excluding hydrogens is 719 g/mol. The summed E-state index contributed by atoms with van der Waals surface area (Å²) in [6.07, 6.45) is 0.0115. The maximum Gasteiger partial charge on any atom is 0.323 e. The van der Waals surface area contributed by atoms with E-state index < -0.39 is 30.2 Å². The molecule has 2 aliphatic heterocycles. The summed E-state index contributed by atoms with van der Waals surface area (Å²) in [6, 6.07) is 10.5. The lowest BCUT2D eigenvalue weighted by atomic mass is 9.89. The Morgan fingerprint density at radius 2 is 1.07 bits per heavy atom. The third kappa shape index (κ3) is 8.52. The molecule has 0 aromatic heterocycles. The van der Waals surface area contributed by atoms with E-state index >= 15 is 14.2 Å². The average molecular weight is 773 g/mol. The molecule has 3 aromatic rings. The summed E-state index contributed by atoms with van der Waals surface area (Å²) in [5.74, 6) is -1.07. The number of Topliss-reactive ketones (excluding diaryl/α,β-unsaturated/α-hetero) is 2. The Balaban J connectivity index is 1.59. The Morgan fingerprint density at radius 1 is 0.655 bits per heavy atom. The van der Waals surface area contributed by atoms with Gasteiger partial charge in [-0.1, -0.05) is 42.5 Å². The van der Waals surface area contributed by atoms with Crippen LogP contribution in [-0.2, 0) is 23.6 Å². The summed E-state index contributed by atoms with van der Waals surface area (Å²) < 4.78 is 31.7. The van der Waals surface area contributed by atoms with Gasteiger partial charge in [-0.05, 0) is 81.8 Å². The van der Waals surface area contributed by atoms with E-state index in [1.165, 1.54) is 19.2 Å². The molecule has 3 aromatic carbocycles. The van der Waals surface area contributed by atoms with Crippen molar-refractivity contribution in [3.8, 4) is 0 Å². The molecule has 2 heterocycles. The van der Waals surface area contributed by atoms with Crippen LogP contribution in [-0.4, -0.2) is 110 Å². The maximum atomic E-state index is 15.7. The monoisotopic (exact) mass is 772 g/mol. The maximum absolute atomic E-state index is 15.7. The summed E-state index contributed by atoms with van der Waals surface area (Å²) in [7, 11) is -3.40. The average Bonchev–Trinajstić information content (AvgIpc) is 3.16. The summed E-state index contributed by atoms with van der Waals surface area (Å²) in [5.41, 5.74) is 1.89. The lowest BCUT2D eigenvalue weighted by Crippen LogP contribution is -2.48. The third-order valence-electron chi connectivity index (χ3n) is 11.1. The quantitative estimate of drug-likeness (QED) is 0.109. The van der Waals surface area contributed by atoms with Gasteiger partial charge >= 0.3 is 5.97 Å². The molecule has 5 rings (SSSR count). The third-order valence-corrected chi connectivity index (χ3v) is 13.7. The van der Waals surface area contributed by atoms with Crippen LogP contribution in [0.15, 0.2) is 42.5 Å². The van der Waals surface area contributed by atoms with Crippen molar-refractivity contribution >= 4 is 41.0 Å². The number of ether oxygens (including phenoxy) is 3. The standard InChI is InChI=1S/C43H53N2O9P/c1-26-22-28(3)39(31(6)37(26)35(46)24-30(5)44-14-18-53-19-15-44)42(49)55(51,33-12-10-9-11-13-33)43(50)40-29(4)23-27(2)38(32(40)7)36(47)25-34(41(48)52-8)45-16-20-54-21-17-45/h9-13,22-23,30,34H,14-21,24-25H2,1-8H3. The number of nitrogens with zero attached hydrogens (tertiary/aromatic N) is 2. The molecule has 2 saturated heterocycles. The van der Waals surface area contributed by atoms with E-state index in [0.29, 0.717) is 72.9 Å². The molecule has 55 heavy (non-hydrogen) atoms. The fraction of sp³-hybridized carbons (Fsp3) is 0.465. The molecule has 2 aliphatic rings. The number of hydrogen-bond donors (Lipinski definition) is 0. The number of morpholine rings is 2. The van der Waals surface area contributed by atoms with E-state index in [1.54, 1.807) is 65.0 Å². The van der Waals surface area contributed by atoms with E-state index in [4.69, 9.17) is 14.2 Å². The lowest BCUT2D eigenvalue weighted by Gasteiger charge is -2.32. The molecule has 3 unspecified atom stereocenters. The second-order valence-electron chi connectivity index (χ2n) is 14.8. The normalized spacial score (nSPS) is 17.5. The van der Waals surface area contributed by atoms with Crippen LogP contribution in [0.1, 0.15) is 94.6 Å². The van der Waals surface area contributed by atoms with Gasteiger partial charge in [0.2, 0.25) is 18.2 Å². The molecule has 0 saturated carbocycles. The van der Waals surface area contributed by atoms with Crippen LogP contribution in [0, 0.1) is 41.5 Å². The van der Waals surface area contributed by atoms with Crippen molar-refractivity contribution < 1.29 is 42.7 Å². The van der Waals surface area contributed by atoms with Gasteiger partial charge in [0, 0.05) is 72.6 Å². The molecule has 3 atom stereocenters. The number of carbonyl (C=O) groups excluding carboxylic acids is 5. The Morgan fingerprint density at radius 3 is 1.53 bits per heavy atom. The first kappa shape index (κ1) is 42.0. The number of benzene rings is 3. The van der Waals surface area contributed by atoms with Crippen molar-refractivity contribution in [3.05, 3.63) is 98.1 Å². The number of carbonyl (C=O) groups is 5. The molecule has 0 N–H and O–H groups in total. The first-order valence-corrected chi connectivity index (χ1v) is 20.6. The van der Waals surface area contributed by atoms with Gasteiger partial charge in [0.25, 0.3) is 0 Å². The minimum atomic E-state index is -4.67. The second-order valence-corrected chi connectivity index (χ2v) is 17.3. The number of rotatable bonds is 14. The summed E-state index contributed by atoms with van der Waals surface area (Å²) >= 11 is 0. The number of esters is 1. The van der Waals surface area contributed by atoms with E-state index in [0.717, 1.165) is 13.1 Å². The van der Waals surface area contributed by atoms with Gasteiger partial charge in [-0.15, -0.1) is 0 Å². The predicted octanol–water partition coefficient (Wildman–Crippen LogP) is 5.95. The molecule has 0 aliphatic carbocycles. The first-order chi connectivity index (χ1) is 26.1. The van der Waals surface area contributed by atoms with E-state index in [2.05, 4.69) is 4.90 Å². The first-order valence-electron chi connectivity index (χ1n) is 18.9. The molecule has 11 nitrogen and oxygen atoms in total. The fourth-order valence-electron chi connectivity index (χ4n) is 8.35. The zero-order valence-corrected chi connectivity index (χ0v) is 34.2. The largest absolute Gasteiger partial charge is 0.468 e. The van der Waals surface area contributed by atoms with Crippen LogP contribution in [0.25, 0.3) is 0 Å².